The predicted octanol–water partition coefficient (Wildman–Crippen LogP) is 2.70. The number of hydrogen-bond donors (Lipinski definition) is 3. The predicted molar refractivity (Wildman–Crippen MR) is 129 cm³/mol. The molecule has 3 N–H and O–H groups in total. The molecule has 0 unspecified atom stereocenters. The molecule has 0 aliphatic carbocycles. The van der Waals surface area contributed by atoms with Gasteiger partial charge in [-0.2, -0.15) is 10.1 Å². The van der Waals surface area contributed by atoms with Gasteiger partial charge in [-0.25, -0.2) is 10.2 Å². The van der Waals surface area contributed by atoms with Crippen LogP contribution in [0.1, 0.15) is 16.7 Å². The molecule has 0 bridgehead atoms. The van der Waals surface area contributed by atoms with Crippen molar-refractivity contribution < 1.29 is 9.84 Å². The number of H-pyrrole nitrogens is 1. The van der Waals surface area contributed by atoms with E-state index in [1.54, 1.807) is 16.7 Å². The zero-order valence-electron chi connectivity index (χ0n) is 18.1. The maximum Gasteiger partial charge on any atom is 0.329 e. The summed E-state index contributed by atoms with van der Waals surface area (Å²) in [7, 11) is 2.99. The summed E-state index contributed by atoms with van der Waals surface area (Å²) in [6.45, 7) is 2.34. The summed E-state index contributed by atoms with van der Waals surface area (Å²) >= 11 is 3.28. The van der Waals surface area contributed by atoms with Crippen LogP contribution in [0.4, 0.5) is 5.95 Å². The van der Waals surface area contributed by atoms with Gasteiger partial charge in [-0.15, -0.1) is 0 Å². The molecule has 170 valence electrons. The number of rotatable bonds is 6. The summed E-state index contributed by atoms with van der Waals surface area (Å²) in [5.41, 5.74) is 4.99. The fourth-order valence-electron chi connectivity index (χ4n) is 3.34. The van der Waals surface area contributed by atoms with Crippen LogP contribution < -0.4 is 21.4 Å². The second-order valence-corrected chi connectivity index (χ2v) is 8.28. The lowest BCUT2D eigenvalue weighted by Crippen LogP contribution is -2.29. The van der Waals surface area contributed by atoms with Crippen molar-refractivity contribution in [3.63, 3.8) is 0 Å². The Bertz CT molecular complexity index is 1480. The Kier molecular flexibility index (Phi) is 6.05. The van der Waals surface area contributed by atoms with Crippen LogP contribution in [0, 0.1) is 6.92 Å². The second kappa shape index (κ2) is 8.94. The smallest absolute Gasteiger partial charge is 0.329 e. The van der Waals surface area contributed by atoms with Gasteiger partial charge in [0.05, 0.1) is 24.3 Å². The molecule has 0 spiro atoms. The highest BCUT2D eigenvalue weighted by molar-refractivity contribution is 9.10. The van der Waals surface area contributed by atoms with Gasteiger partial charge in [0.15, 0.2) is 22.7 Å². The van der Waals surface area contributed by atoms with Gasteiger partial charge < -0.3 is 9.84 Å². The maximum atomic E-state index is 12.6. The van der Waals surface area contributed by atoms with Crippen LogP contribution in [0.25, 0.3) is 11.2 Å². The Morgan fingerprint density at radius 1 is 1.27 bits per heavy atom. The van der Waals surface area contributed by atoms with Gasteiger partial charge >= 0.3 is 5.69 Å². The Morgan fingerprint density at radius 3 is 2.70 bits per heavy atom. The van der Waals surface area contributed by atoms with E-state index in [9.17, 15) is 14.7 Å². The number of halogens is 1. The highest BCUT2D eigenvalue weighted by Crippen LogP contribution is 2.34. The first kappa shape index (κ1) is 22.3. The van der Waals surface area contributed by atoms with Gasteiger partial charge in [0.1, 0.15) is 0 Å². The fourth-order valence-corrected chi connectivity index (χ4v) is 3.80. The molecule has 2 aromatic carbocycles. The lowest BCUT2D eigenvalue weighted by molar-refractivity contribution is 0.372. The summed E-state index contributed by atoms with van der Waals surface area (Å²) in [6, 6.07) is 11.2. The number of methoxy groups -OCH3 is 1. The van der Waals surface area contributed by atoms with Gasteiger partial charge in [-0.1, -0.05) is 29.8 Å². The molecule has 4 aromatic rings. The zero-order valence-corrected chi connectivity index (χ0v) is 19.7. The quantitative estimate of drug-likeness (QED) is 0.269. The molecule has 33 heavy (non-hydrogen) atoms. The van der Waals surface area contributed by atoms with Crippen LogP contribution in [-0.2, 0) is 13.6 Å². The number of fused-ring (bicyclic) bond motifs is 1. The number of phenolic OH excluding ortho intramolecular Hbond substituents is 1. The number of anilines is 1. The molecule has 0 aliphatic rings. The van der Waals surface area contributed by atoms with E-state index in [1.165, 1.54) is 24.9 Å². The number of aromatic nitrogens is 4. The van der Waals surface area contributed by atoms with Crippen LogP contribution in [0.2, 0.25) is 0 Å². The van der Waals surface area contributed by atoms with Crippen molar-refractivity contribution in [2.75, 3.05) is 12.5 Å². The van der Waals surface area contributed by atoms with E-state index < -0.39 is 11.2 Å². The first-order valence-electron chi connectivity index (χ1n) is 9.89. The molecular weight excluding hydrogens is 492 g/mol. The van der Waals surface area contributed by atoms with Gasteiger partial charge in [0.2, 0.25) is 5.95 Å². The number of imidazole rings is 1. The van der Waals surface area contributed by atoms with Gasteiger partial charge in [0, 0.05) is 7.05 Å². The Labute approximate surface area is 196 Å². The van der Waals surface area contributed by atoms with Crippen molar-refractivity contribution in [1.82, 2.24) is 19.1 Å². The van der Waals surface area contributed by atoms with E-state index in [4.69, 9.17) is 4.74 Å². The molecule has 0 saturated heterocycles. The molecule has 4 rings (SSSR count). The third kappa shape index (κ3) is 4.40. The molecular formula is C22H21BrN6O4. The Morgan fingerprint density at radius 2 is 2.00 bits per heavy atom. The van der Waals surface area contributed by atoms with Crippen LogP contribution in [0.3, 0.4) is 0 Å². The van der Waals surface area contributed by atoms with Crippen molar-refractivity contribution in [2.45, 2.75) is 13.5 Å². The molecule has 10 nitrogen and oxygen atoms in total. The first-order valence-corrected chi connectivity index (χ1v) is 10.7. The summed E-state index contributed by atoms with van der Waals surface area (Å²) in [5, 5.41) is 14.2. The van der Waals surface area contributed by atoms with Gasteiger partial charge in [0.25, 0.3) is 5.56 Å². The van der Waals surface area contributed by atoms with Crippen molar-refractivity contribution in [2.24, 2.45) is 12.1 Å². The lowest BCUT2D eigenvalue weighted by atomic mass is 10.1. The molecule has 2 heterocycles. The average Bonchev–Trinajstić information content (AvgIpc) is 3.14. The Balaban J connectivity index is 1.76. The minimum absolute atomic E-state index is 0.0114. The third-order valence-electron chi connectivity index (χ3n) is 5.12. The molecule has 2 aromatic heterocycles. The summed E-state index contributed by atoms with van der Waals surface area (Å²) in [4.78, 5) is 31.5. The summed E-state index contributed by atoms with van der Waals surface area (Å²) in [5.74, 6) is 0.569. The standard InChI is InChI=1S/C22H21BrN6O4/c1-12-4-6-13(7-5-12)11-29-17-19(28(2)22(32)26-20(17)31)25-21(29)27-24-10-14-8-15(23)18(30)16(9-14)33-3/h4-10,30H,11H2,1-3H3,(H,25,27)(H,26,31,32)/b24-10-. The van der Waals surface area contributed by atoms with Crippen molar-refractivity contribution >= 4 is 39.3 Å². The summed E-state index contributed by atoms with van der Waals surface area (Å²) < 4.78 is 8.55. The van der Waals surface area contributed by atoms with Gasteiger partial charge in [-0.05, 0) is 46.1 Å². The molecule has 0 aliphatic heterocycles. The molecule has 0 radical (unpaired) electrons. The van der Waals surface area contributed by atoms with Gasteiger partial charge in [-0.3, -0.25) is 18.9 Å². The van der Waals surface area contributed by atoms with Crippen LogP contribution in [0.15, 0.2) is 55.6 Å². The summed E-state index contributed by atoms with van der Waals surface area (Å²) in [6.07, 6.45) is 1.52. The van der Waals surface area contributed by atoms with Crippen LogP contribution >= 0.6 is 15.9 Å². The fraction of sp³-hybridized carbons (Fsp3) is 0.182. The first-order chi connectivity index (χ1) is 15.8. The highest BCUT2D eigenvalue weighted by atomic mass is 79.9. The topological polar surface area (TPSA) is 127 Å². The molecule has 0 amide bonds. The zero-order chi connectivity index (χ0) is 23.7. The third-order valence-corrected chi connectivity index (χ3v) is 5.72. The van der Waals surface area contributed by atoms with E-state index in [1.807, 2.05) is 31.2 Å². The number of benzene rings is 2. The van der Waals surface area contributed by atoms with Crippen LogP contribution in [0.5, 0.6) is 11.5 Å². The van der Waals surface area contributed by atoms with Crippen molar-refractivity contribution in [1.29, 1.82) is 0 Å². The molecule has 0 saturated carbocycles. The SMILES string of the molecule is COc1cc(/C=N\Nc2nc3c(c(=O)[nH]c(=O)n3C)n2Cc2ccc(C)cc2)cc(Br)c1O. The number of ether oxygens (including phenoxy) is 1. The number of aromatic amines is 1. The number of aryl methyl sites for hydroxylation is 2. The normalized spacial score (nSPS) is 11.4. The Hall–Kier alpha value is -3.86. The second-order valence-electron chi connectivity index (χ2n) is 7.42. The van der Waals surface area contributed by atoms with Crippen LogP contribution in [-0.4, -0.2) is 37.5 Å². The molecule has 11 heteroatoms. The average molecular weight is 513 g/mol. The minimum atomic E-state index is -0.552. The highest BCUT2D eigenvalue weighted by Gasteiger charge is 2.17. The number of aromatic hydroxyl groups is 1. The van der Waals surface area contributed by atoms with E-state index in [0.717, 1.165) is 11.1 Å². The monoisotopic (exact) mass is 512 g/mol. The molecule has 0 fully saturated rings. The van der Waals surface area contributed by atoms with E-state index in [2.05, 4.69) is 36.4 Å². The number of hydrazone groups is 1. The number of hydrogen-bond acceptors (Lipinski definition) is 7. The number of phenols is 1. The maximum absolute atomic E-state index is 12.6. The number of nitrogens with zero attached hydrogens (tertiary/aromatic N) is 4. The lowest BCUT2D eigenvalue weighted by Gasteiger charge is -2.09. The minimum Gasteiger partial charge on any atom is -0.503 e. The van der Waals surface area contributed by atoms with Crippen molar-refractivity contribution in [3.05, 3.63) is 78.4 Å². The number of nitrogens with one attached hydrogen (secondary N) is 2. The molecule has 0 atom stereocenters. The van der Waals surface area contributed by atoms with E-state index >= 15 is 0 Å². The van der Waals surface area contributed by atoms with E-state index in [0.29, 0.717) is 28.3 Å². The largest absolute Gasteiger partial charge is 0.503 e. The van der Waals surface area contributed by atoms with Crippen molar-refractivity contribution in [3.8, 4) is 11.5 Å². The van der Waals surface area contributed by atoms with E-state index in [-0.39, 0.29) is 16.9 Å².